The van der Waals surface area contributed by atoms with Crippen LogP contribution in [0.5, 0.6) is 0 Å². The van der Waals surface area contributed by atoms with Crippen LogP contribution in [0.1, 0.15) is 25.6 Å². The summed E-state index contributed by atoms with van der Waals surface area (Å²) in [7, 11) is -2.88. The summed E-state index contributed by atoms with van der Waals surface area (Å²) < 4.78 is 27.6. The first-order valence-corrected chi connectivity index (χ1v) is 6.84. The molecule has 0 amide bonds. The predicted octanol–water partition coefficient (Wildman–Crippen LogP) is 1.36. The van der Waals surface area contributed by atoms with Gasteiger partial charge in [0.1, 0.15) is 5.76 Å². The summed E-state index contributed by atoms with van der Waals surface area (Å²) in [5.74, 6) is 1.20. The van der Waals surface area contributed by atoms with E-state index in [4.69, 9.17) is 4.42 Å². The minimum atomic E-state index is -2.88. The Balaban J connectivity index is 2.33. The van der Waals surface area contributed by atoms with Crippen LogP contribution in [0.15, 0.2) is 22.8 Å². The van der Waals surface area contributed by atoms with Gasteiger partial charge in [0.25, 0.3) is 0 Å². The quantitative estimate of drug-likeness (QED) is 0.803. The van der Waals surface area contributed by atoms with Gasteiger partial charge >= 0.3 is 0 Å². The first-order valence-electron chi connectivity index (χ1n) is 5.02. The Morgan fingerprint density at radius 2 is 2.27 bits per heavy atom. The SMILES string of the molecule is CCS(=O)(=O)CCNC(C)c1ccco1. The van der Waals surface area contributed by atoms with Crippen molar-refractivity contribution in [3.63, 3.8) is 0 Å². The molecule has 1 rings (SSSR count). The first kappa shape index (κ1) is 12.3. The van der Waals surface area contributed by atoms with Crippen molar-refractivity contribution >= 4 is 9.84 Å². The lowest BCUT2D eigenvalue weighted by Gasteiger charge is -2.10. The maximum atomic E-state index is 11.2. The largest absolute Gasteiger partial charge is 0.468 e. The molecule has 15 heavy (non-hydrogen) atoms. The average Bonchev–Trinajstić information content (AvgIpc) is 2.70. The van der Waals surface area contributed by atoms with Gasteiger partial charge in [-0.05, 0) is 19.1 Å². The molecular weight excluding hydrogens is 214 g/mol. The van der Waals surface area contributed by atoms with Gasteiger partial charge in [0.05, 0.1) is 18.1 Å². The molecule has 0 aliphatic heterocycles. The summed E-state index contributed by atoms with van der Waals surface area (Å²) in [6.45, 7) is 4.06. The number of hydrogen-bond donors (Lipinski definition) is 1. The summed E-state index contributed by atoms with van der Waals surface area (Å²) in [5, 5.41) is 3.10. The van der Waals surface area contributed by atoms with E-state index in [0.717, 1.165) is 5.76 Å². The van der Waals surface area contributed by atoms with Gasteiger partial charge in [-0.15, -0.1) is 0 Å². The molecule has 0 fully saturated rings. The van der Waals surface area contributed by atoms with Crippen LogP contribution in [0.3, 0.4) is 0 Å². The van der Waals surface area contributed by atoms with Crippen LogP contribution in [0.2, 0.25) is 0 Å². The Morgan fingerprint density at radius 1 is 1.53 bits per heavy atom. The van der Waals surface area contributed by atoms with Crippen LogP contribution in [0.25, 0.3) is 0 Å². The fourth-order valence-corrected chi connectivity index (χ4v) is 1.93. The Morgan fingerprint density at radius 3 is 2.80 bits per heavy atom. The van der Waals surface area contributed by atoms with E-state index in [2.05, 4.69) is 5.32 Å². The fraction of sp³-hybridized carbons (Fsp3) is 0.600. The molecule has 0 aliphatic rings. The molecule has 0 aliphatic carbocycles. The summed E-state index contributed by atoms with van der Waals surface area (Å²) in [6.07, 6.45) is 1.61. The number of furan rings is 1. The van der Waals surface area contributed by atoms with Crippen LogP contribution in [-0.2, 0) is 9.84 Å². The molecule has 1 aromatic rings. The molecule has 1 aromatic heterocycles. The van der Waals surface area contributed by atoms with E-state index < -0.39 is 9.84 Å². The molecule has 1 N–H and O–H groups in total. The standard InChI is InChI=1S/C10H17NO3S/c1-3-15(12,13)8-6-11-9(2)10-5-4-7-14-10/h4-5,7,9,11H,3,6,8H2,1-2H3. The van der Waals surface area contributed by atoms with Gasteiger partial charge in [-0.1, -0.05) is 6.92 Å². The molecule has 1 heterocycles. The van der Waals surface area contributed by atoms with E-state index in [0.29, 0.717) is 6.54 Å². The van der Waals surface area contributed by atoms with E-state index in [1.165, 1.54) is 0 Å². The van der Waals surface area contributed by atoms with Gasteiger partial charge in [0, 0.05) is 12.3 Å². The second-order valence-electron chi connectivity index (χ2n) is 3.43. The van der Waals surface area contributed by atoms with Gasteiger partial charge in [-0.2, -0.15) is 0 Å². The molecule has 0 bridgehead atoms. The average molecular weight is 231 g/mol. The Hall–Kier alpha value is -0.810. The third-order valence-corrected chi connectivity index (χ3v) is 3.98. The third kappa shape index (κ3) is 4.05. The molecule has 0 saturated heterocycles. The zero-order valence-corrected chi connectivity index (χ0v) is 9.88. The highest BCUT2D eigenvalue weighted by Gasteiger charge is 2.10. The van der Waals surface area contributed by atoms with E-state index in [-0.39, 0.29) is 17.5 Å². The Bertz CT molecular complexity index is 369. The topological polar surface area (TPSA) is 59.3 Å². The van der Waals surface area contributed by atoms with Crippen molar-refractivity contribution in [3.05, 3.63) is 24.2 Å². The van der Waals surface area contributed by atoms with Crippen molar-refractivity contribution in [2.75, 3.05) is 18.1 Å². The van der Waals surface area contributed by atoms with E-state index in [1.54, 1.807) is 13.2 Å². The summed E-state index contributed by atoms with van der Waals surface area (Å²) in [5.41, 5.74) is 0. The lowest BCUT2D eigenvalue weighted by Crippen LogP contribution is -2.26. The van der Waals surface area contributed by atoms with Crippen LogP contribution < -0.4 is 5.32 Å². The zero-order chi connectivity index (χ0) is 11.3. The number of hydrogen-bond acceptors (Lipinski definition) is 4. The molecule has 0 spiro atoms. The smallest absolute Gasteiger partial charge is 0.151 e. The van der Waals surface area contributed by atoms with Crippen molar-refractivity contribution in [1.82, 2.24) is 5.32 Å². The van der Waals surface area contributed by atoms with Gasteiger partial charge in [-0.25, -0.2) is 8.42 Å². The molecular formula is C10H17NO3S. The maximum Gasteiger partial charge on any atom is 0.151 e. The molecule has 1 unspecified atom stereocenters. The second kappa shape index (κ2) is 5.32. The lowest BCUT2D eigenvalue weighted by atomic mass is 10.2. The monoisotopic (exact) mass is 231 g/mol. The van der Waals surface area contributed by atoms with Gasteiger partial charge in [0.2, 0.25) is 0 Å². The molecule has 4 nitrogen and oxygen atoms in total. The number of nitrogens with one attached hydrogen (secondary N) is 1. The van der Waals surface area contributed by atoms with Gasteiger partial charge in [-0.3, -0.25) is 0 Å². The number of rotatable bonds is 6. The lowest BCUT2D eigenvalue weighted by molar-refractivity contribution is 0.437. The summed E-state index contributed by atoms with van der Waals surface area (Å²) >= 11 is 0. The minimum absolute atomic E-state index is 0.0482. The highest BCUT2D eigenvalue weighted by molar-refractivity contribution is 7.91. The highest BCUT2D eigenvalue weighted by atomic mass is 32.2. The van der Waals surface area contributed by atoms with Crippen LogP contribution in [0, 0.1) is 0 Å². The molecule has 86 valence electrons. The second-order valence-corrected chi connectivity index (χ2v) is 5.90. The predicted molar refractivity (Wildman–Crippen MR) is 59.5 cm³/mol. The van der Waals surface area contributed by atoms with Crippen molar-refractivity contribution in [2.24, 2.45) is 0 Å². The maximum absolute atomic E-state index is 11.2. The molecule has 5 heteroatoms. The summed E-state index contributed by atoms with van der Waals surface area (Å²) in [6, 6.07) is 3.73. The van der Waals surface area contributed by atoms with Crippen LogP contribution >= 0.6 is 0 Å². The zero-order valence-electron chi connectivity index (χ0n) is 9.06. The van der Waals surface area contributed by atoms with Crippen molar-refractivity contribution in [3.8, 4) is 0 Å². The van der Waals surface area contributed by atoms with Crippen molar-refractivity contribution in [1.29, 1.82) is 0 Å². The minimum Gasteiger partial charge on any atom is -0.468 e. The molecule has 0 saturated carbocycles. The molecule has 1 atom stereocenters. The van der Waals surface area contributed by atoms with E-state index >= 15 is 0 Å². The van der Waals surface area contributed by atoms with Crippen LogP contribution in [0.4, 0.5) is 0 Å². The number of sulfone groups is 1. The van der Waals surface area contributed by atoms with E-state index in [9.17, 15) is 8.42 Å². The highest BCUT2D eigenvalue weighted by Crippen LogP contribution is 2.11. The first-order chi connectivity index (χ1) is 7.05. The van der Waals surface area contributed by atoms with Crippen molar-refractivity contribution in [2.45, 2.75) is 19.9 Å². The Kier molecular flexibility index (Phi) is 4.35. The molecule has 0 radical (unpaired) electrons. The van der Waals surface area contributed by atoms with Gasteiger partial charge in [0.15, 0.2) is 9.84 Å². The van der Waals surface area contributed by atoms with E-state index in [1.807, 2.05) is 19.1 Å². The van der Waals surface area contributed by atoms with Crippen molar-refractivity contribution < 1.29 is 12.8 Å². The normalized spacial score (nSPS) is 14.0. The Labute approximate surface area is 90.6 Å². The molecule has 0 aromatic carbocycles. The van der Waals surface area contributed by atoms with Gasteiger partial charge < -0.3 is 9.73 Å². The summed E-state index contributed by atoms with van der Waals surface area (Å²) in [4.78, 5) is 0. The van der Waals surface area contributed by atoms with Crippen LogP contribution in [-0.4, -0.2) is 26.5 Å². The third-order valence-electron chi connectivity index (χ3n) is 2.27. The fourth-order valence-electron chi connectivity index (χ4n) is 1.21.